The molecule has 0 spiro atoms. The lowest BCUT2D eigenvalue weighted by molar-refractivity contribution is 0.0927. The largest absolute Gasteiger partial charge is 0.347 e. The molecule has 2 aromatic carbocycles. The second-order valence-electron chi connectivity index (χ2n) is 6.88. The number of nitrogens with one attached hydrogen (secondary N) is 1. The van der Waals surface area contributed by atoms with Gasteiger partial charge in [-0.3, -0.25) is 14.3 Å². The molecular weight excluding hydrogens is 364 g/mol. The van der Waals surface area contributed by atoms with Gasteiger partial charge in [-0.05, 0) is 55.4 Å². The van der Waals surface area contributed by atoms with Gasteiger partial charge in [-0.1, -0.05) is 6.07 Å². The topological polar surface area (TPSA) is 63.1 Å². The molecule has 0 bridgehead atoms. The molecule has 2 heterocycles. The van der Waals surface area contributed by atoms with E-state index in [0.29, 0.717) is 11.1 Å². The summed E-state index contributed by atoms with van der Waals surface area (Å²) >= 11 is 0. The Balaban J connectivity index is 1.50. The number of aromatic nitrogens is 3. The molecule has 1 fully saturated rings. The van der Waals surface area contributed by atoms with E-state index in [9.17, 15) is 13.6 Å². The number of benzene rings is 2. The van der Waals surface area contributed by atoms with Gasteiger partial charge in [0.1, 0.15) is 12.7 Å². The van der Waals surface area contributed by atoms with Crippen LogP contribution in [-0.2, 0) is 0 Å². The van der Waals surface area contributed by atoms with Crippen LogP contribution in [0.3, 0.4) is 0 Å². The third-order valence-corrected chi connectivity index (χ3v) is 5.10. The van der Waals surface area contributed by atoms with Crippen LogP contribution in [0.25, 0.3) is 5.69 Å². The van der Waals surface area contributed by atoms with Crippen LogP contribution in [0, 0.1) is 11.6 Å². The molecule has 1 aromatic heterocycles. The number of nitrogens with zero attached hydrogens (tertiary/aromatic N) is 4. The number of hydrogen-bond acceptors (Lipinski definition) is 4. The molecule has 1 aliphatic heterocycles. The summed E-state index contributed by atoms with van der Waals surface area (Å²) < 4.78 is 28.7. The number of carbonyl (C=O) groups excluding carboxylic acids is 1. The Bertz CT molecular complexity index is 975. The molecular formula is C20H19F2N5O. The van der Waals surface area contributed by atoms with E-state index in [2.05, 4.69) is 15.5 Å². The van der Waals surface area contributed by atoms with Crippen LogP contribution in [-0.4, -0.2) is 45.2 Å². The summed E-state index contributed by atoms with van der Waals surface area (Å²) in [6.45, 7) is 0.751. The molecule has 2 atom stereocenters. The van der Waals surface area contributed by atoms with Crippen LogP contribution in [0.5, 0.6) is 0 Å². The zero-order valence-corrected chi connectivity index (χ0v) is 15.2. The summed E-state index contributed by atoms with van der Waals surface area (Å²) in [5, 5.41) is 10.6. The van der Waals surface area contributed by atoms with Crippen molar-refractivity contribution >= 4 is 5.91 Å². The molecule has 1 aliphatic rings. The standard InChI is InChI=1S/C20H19F2N5O/c1-26-9-8-18(19(26)14-4-7-16(21)17(22)10-14)25-20(28)13-2-5-15(6-3-13)27-11-23-24-12-27/h2-7,10-12,18-19H,8-9H2,1H3,(H,25,28)/t18-,19-/m0/s1. The van der Waals surface area contributed by atoms with E-state index >= 15 is 0 Å². The van der Waals surface area contributed by atoms with Gasteiger partial charge in [0.15, 0.2) is 11.6 Å². The molecule has 0 aliphatic carbocycles. The number of hydrogen-bond donors (Lipinski definition) is 1. The smallest absolute Gasteiger partial charge is 0.251 e. The highest BCUT2D eigenvalue weighted by Gasteiger charge is 2.34. The Kier molecular flexibility index (Phi) is 4.87. The quantitative estimate of drug-likeness (QED) is 0.753. The SMILES string of the molecule is CN1CC[C@H](NC(=O)c2ccc(-n3cnnc3)cc2)[C@@H]1c1ccc(F)c(F)c1. The summed E-state index contributed by atoms with van der Waals surface area (Å²) in [4.78, 5) is 14.7. The Labute approximate surface area is 160 Å². The number of halogens is 2. The molecule has 0 saturated carbocycles. The van der Waals surface area contributed by atoms with Gasteiger partial charge in [-0.2, -0.15) is 0 Å². The van der Waals surface area contributed by atoms with Crippen LogP contribution >= 0.6 is 0 Å². The van der Waals surface area contributed by atoms with Crippen molar-refractivity contribution in [3.05, 3.63) is 77.9 Å². The van der Waals surface area contributed by atoms with Gasteiger partial charge in [-0.15, -0.1) is 10.2 Å². The van der Waals surface area contributed by atoms with Crippen LogP contribution in [0.15, 0.2) is 55.1 Å². The fraction of sp³-hybridized carbons (Fsp3) is 0.250. The van der Waals surface area contributed by atoms with Crippen molar-refractivity contribution < 1.29 is 13.6 Å². The minimum absolute atomic E-state index is 0.195. The first-order chi connectivity index (χ1) is 13.5. The normalized spacial score (nSPS) is 19.7. The second kappa shape index (κ2) is 7.47. The van der Waals surface area contributed by atoms with Crippen LogP contribution < -0.4 is 5.32 Å². The minimum Gasteiger partial charge on any atom is -0.347 e. The Hall–Kier alpha value is -3.13. The predicted octanol–water partition coefficient (Wildman–Crippen LogP) is 2.72. The maximum absolute atomic E-state index is 13.7. The molecule has 6 nitrogen and oxygen atoms in total. The molecule has 0 radical (unpaired) electrons. The molecule has 4 rings (SSSR count). The van der Waals surface area contributed by atoms with Gasteiger partial charge in [0.05, 0.1) is 12.1 Å². The van der Waals surface area contributed by atoms with Gasteiger partial charge in [0.2, 0.25) is 0 Å². The first-order valence-corrected chi connectivity index (χ1v) is 8.94. The molecule has 8 heteroatoms. The second-order valence-corrected chi connectivity index (χ2v) is 6.88. The summed E-state index contributed by atoms with van der Waals surface area (Å²) in [5.41, 5.74) is 2.02. The maximum Gasteiger partial charge on any atom is 0.251 e. The molecule has 0 unspecified atom stereocenters. The van der Waals surface area contributed by atoms with Crippen LogP contribution in [0.2, 0.25) is 0 Å². The van der Waals surface area contributed by atoms with Crippen molar-refractivity contribution in [2.24, 2.45) is 0 Å². The van der Waals surface area contributed by atoms with E-state index in [4.69, 9.17) is 0 Å². The zero-order chi connectivity index (χ0) is 19.7. The number of carbonyl (C=O) groups is 1. The van der Waals surface area contributed by atoms with Crippen molar-refractivity contribution in [2.45, 2.75) is 18.5 Å². The van der Waals surface area contributed by atoms with Crippen molar-refractivity contribution in [3.8, 4) is 5.69 Å². The monoisotopic (exact) mass is 383 g/mol. The Morgan fingerprint density at radius 3 is 2.46 bits per heavy atom. The van der Waals surface area contributed by atoms with Crippen molar-refractivity contribution in [2.75, 3.05) is 13.6 Å². The summed E-state index contributed by atoms with van der Waals surface area (Å²) in [7, 11) is 1.91. The van der Waals surface area contributed by atoms with Crippen molar-refractivity contribution in [3.63, 3.8) is 0 Å². The summed E-state index contributed by atoms with van der Waals surface area (Å²) in [6.07, 6.45) is 3.89. The van der Waals surface area contributed by atoms with Gasteiger partial charge >= 0.3 is 0 Å². The van der Waals surface area contributed by atoms with Gasteiger partial charge in [0.25, 0.3) is 5.91 Å². The highest BCUT2D eigenvalue weighted by molar-refractivity contribution is 5.94. The first-order valence-electron chi connectivity index (χ1n) is 8.94. The Morgan fingerprint density at radius 2 is 1.79 bits per heavy atom. The number of rotatable bonds is 4. The maximum atomic E-state index is 13.7. The van der Waals surface area contributed by atoms with Crippen LogP contribution in [0.4, 0.5) is 8.78 Å². The first kappa shape index (κ1) is 18.2. The van der Waals surface area contributed by atoms with Crippen molar-refractivity contribution in [1.82, 2.24) is 25.0 Å². The van der Waals surface area contributed by atoms with Gasteiger partial charge < -0.3 is 5.32 Å². The van der Waals surface area contributed by atoms with Crippen molar-refractivity contribution in [1.29, 1.82) is 0 Å². The molecule has 1 saturated heterocycles. The Morgan fingerprint density at radius 1 is 1.07 bits per heavy atom. The number of likely N-dealkylation sites (N-methyl/N-ethyl adjacent to an activating group) is 1. The molecule has 144 valence electrons. The zero-order valence-electron chi connectivity index (χ0n) is 15.2. The lowest BCUT2D eigenvalue weighted by Crippen LogP contribution is -2.39. The lowest BCUT2D eigenvalue weighted by Gasteiger charge is -2.26. The van der Waals surface area contributed by atoms with Gasteiger partial charge in [-0.25, -0.2) is 8.78 Å². The highest BCUT2D eigenvalue weighted by Crippen LogP contribution is 2.32. The highest BCUT2D eigenvalue weighted by atomic mass is 19.2. The summed E-state index contributed by atoms with van der Waals surface area (Å²) in [5.74, 6) is -1.96. The summed E-state index contributed by atoms with van der Waals surface area (Å²) in [6, 6.07) is 10.6. The average Bonchev–Trinajstić information content (AvgIpc) is 3.35. The molecule has 3 aromatic rings. The van der Waals surface area contributed by atoms with E-state index in [0.717, 1.165) is 24.7 Å². The average molecular weight is 383 g/mol. The fourth-order valence-electron chi connectivity index (χ4n) is 3.65. The van der Waals surface area contributed by atoms with E-state index in [-0.39, 0.29) is 18.0 Å². The van der Waals surface area contributed by atoms with E-state index in [1.54, 1.807) is 35.4 Å². The van der Waals surface area contributed by atoms with E-state index in [1.165, 1.54) is 6.07 Å². The molecule has 28 heavy (non-hydrogen) atoms. The fourth-order valence-corrected chi connectivity index (χ4v) is 3.65. The number of amides is 1. The van der Waals surface area contributed by atoms with Crippen LogP contribution in [0.1, 0.15) is 28.4 Å². The molecule has 1 N–H and O–H groups in total. The predicted molar refractivity (Wildman–Crippen MR) is 99.0 cm³/mol. The van der Waals surface area contributed by atoms with E-state index in [1.807, 2.05) is 24.1 Å². The van der Waals surface area contributed by atoms with E-state index < -0.39 is 11.6 Å². The number of likely N-dealkylation sites (tertiary alicyclic amines) is 1. The minimum atomic E-state index is -0.882. The van der Waals surface area contributed by atoms with Gasteiger partial charge in [0, 0.05) is 17.8 Å². The lowest BCUT2D eigenvalue weighted by atomic mass is 9.99. The third-order valence-electron chi connectivity index (χ3n) is 5.10. The third kappa shape index (κ3) is 3.50. The molecule has 1 amide bonds.